The number of carbonyl (C=O) groups excluding carboxylic acids is 1. The lowest BCUT2D eigenvalue weighted by atomic mass is 9.97. The van der Waals surface area contributed by atoms with Crippen LogP contribution in [0.4, 0.5) is 11.5 Å². The average molecular weight is 449 g/mol. The summed E-state index contributed by atoms with van der Waals surface area (Å²) in [5, 5.41) is 11.8. The van der Waals surface area contributed by atoms with Gasteiger partial charge in [-0.15, -0.1) is 10.2 Å². The maximum Gasteiger partial charge on any atom is 0.229 e. The van der Waals surface area contributed by atoms with Crippen LogP contribution in [0.2, 0.25) is 0 Å². The van der Waals surface area contributed by atoms with E-state index in [-0.39, 0.29) is 11.8 Å². The van der Waals surface area contributed by atoms with Crippen molar-refractivity contribution >= 4 is 17.4 Å². The van der Waals surface area contributed by atoms with Crippen molar-refractivity contribution in [2.75, 3.05) is 44.6 Å². The third-order valence-electron chi connectivity index (χ3n) is 5.81. The van der Waals surface area contributed by atoms with Gasteiger partial charge in [-0.2, -0.15) is 0 Å². The molecular formula is C25H28N4O4. The second-order valence-electron chi connectivity index (χ2n) is 7.82. The number of anilines is 2. The number of hydrogen-bond donors (Lipinski definition) is 1. The van der Waals surface area contributed by atoms with Crippen LogP contribution in [0.5, 0.6) is 17.2 Å². The lowest BCUT2D eigenvalue weighted by Crippen LogP contribution is -2.41. The van der Waals surface area contributed by atoms with E-state index in [1.807, 2.05) is 36.4 Å². The molecule has 3 aromatic rings. The summed E-state index contributed by atoms with van der Waals surface area (Å²) in [4.78, 5) is 15.1. The summed E-state index contributed by atoms with van der Waals surface area (Å²) in [5.74, 6) is 2.53. The molecule has 33 heavy (non-hydrogen) atoms. The minimum Gasteiger partial charge on any atom is -0.497 e. The van der Waals surface area contributed by atoms with Gasteiger partial charge in [0.25, 0.3) is 0 Å². The summed E-state index contributed by atoms with van der Waals surface area (Å²) >= 11 is 0. The van der Waals surface area contributed by atoms with Gasteiger partial charge in [0.15, 0.2) is 5.82 Å². The Labute approximate surface area is 193 Å². The smallest absolute Gasteiger partial charge is 0.229 e. The van der Waals surface area contributed by atoms with Gasteiger partial charge in [0.1, 0.15) is 17.2 Å². The molecule has 1 saturated heterocycles. The summed E-state index contributed by atoms with van der Waals surface area (Å²) in [7, 11) is 4.81. The van der Waals surface area contributed by atoms with Crippen LogP contribution in [0.1, 0.15) is 12.8 Å². The molecule has 1 fully saturated rings. The first-order chi connectivity index (χ1) is 16.1. The molecule has 0 saturated carbocycles. The van der Waals surface area contributed by atoms with Crippen molar-refractivity contribution in [1.82, 2.24) is 10.2 Å². The van der Waals surface area contributed by atoms with E-state index in [0.29, 0.717) is 23.7 Å². The van der Waals surface area contributed by atoms with Crippen molar-refractivity contribution in [2.45, 2.75) is 12.8 Å². The van der Waals surface area contributed by atoms with Crippen molar-refractivity contribution in [3.8, 4) is 28.5 Å². The van der Waals surface area contributed by atoms with E-state index < -0.39 is 0 Å². The molecule has 172 valence electrons. The van der Waals surface area contributed by atoms with E-state index in [2.05, 4.69) is 20.4 Å². The molecule has 1 aliphatic rings. The summed E-state index contributed by atoms with van der Waals surface area (Å²) in [5.41, 5.74) is 2.23. The quantitative estimate of drug-likeness (QED) is 0.584. The Hall–Kier alpha value is -3.81. The second-order valence-corrected chi connectivity index (χ2v) is 7.82. The third kappa shape index (κ3) is 5.00. The molecule has 1 amide bonds. The van der Waals surface area contributed by atoms with Crippen LogP contribution in [0.25, 0.3) is 11.3 Å². The highest BCUT2D eigenvalue weighted by molar-refractivity contribution is 5.94. The SMILES string of the molecule is COc1ccc(OC)c(NC(=O)C2CCCN(c3ccc(-c4ccccc4OC)nn3)C2)c1. The zero-order valence-corrected chi connectivity index (χ0v) is 19.1. The average Bonchev–Trinajstić information content (AvgIpc) is 2.88. The van der Waals surface area contributed by atoms with Crippen molar-refractivity contribution in [3.63, 3.8) is 0 Å². The summed E-state index contributed by atoms with van der Waals surface area (Å²) in [6, 6.07) is 16.9. The van der Waals surface area contributed by atoms with Gasteiger partial charge in [0.05, 0.1) is 38.6 Å². The van der Waals surface area contributed by atoms with Crippen molar-refractivity contribution in [2.24, 2.45) is 5.92 Å². The summed E-state index contributed by atoms with van der Waals surface area (Å²) in [6.07, 6.45) is 1.70. The number of nitrogens with zero attached hydrogens (tertiary/aromatic N) is 3. The van der Waals surface area contributed by atoms with Crippen LogP contribution in [0.15, 0.2) is 54.6 Å². The Morgan fingerprint density at radius 2 is 1.79 bits per heavy atom. The zero-order valence-electron chi connectivity index (χ0n) is 19.1. The zero-order chi connectivity index (χ0) is 23.2. The fraction of sp³-hybridized carbons (Fsp3) is 0.320. The van der Waals surface area contributed by atoms with Gasteiger partial charge < -0.3 is 24.4 Å². The fourth-order valence-electron chi connectivity index (χ4n) is 4.04. The number of ether oxygens (including phenoxy) is 3. The van der Waals surface area contributed by atoms with Gasteiger partial charge in [-0.25, -0.2) is 0 Å². The molecule has 4 rings (SSSR count). The topological polar surface area (TPSA) is 85.8 Å². The minimum atomic E-state index is -0.176. The maximum absolute atomic E-state index is 13.0. The number of hydrogen-bond acceptors (Lipinski definition) is 7. The van der Waals surface area contributed by atoms with E-state index in [4.69, 9.17) is 14.2 Å². The molecule has 0 radical (unpaired) electrons. The van der Waals surface area contributed by atoms with E-state index in [0.717, 1.165) is 42.2 Å². The molecule has 1 aromatic heterocycles. The Morgan fingerprint density at radius 3 is 2.52 bits per heavy atom. The van der Waals surface area contributed by atoms with Gasteiger partial charge in [-0.05, 0) is 49.2 Å². The molecule has 8 heteroatoms. The predicted molar refractivity (Wildman–Crippen MR) is 127 cm³/mol. The van der Waals surface area contributed by atoms with Crippen molar-refractivity contribution in [3.05, 3.63) is 54.6 Å². The second kappa shape index (κ2) is 10.2. The predicted octanol–water partition coefficient (Wildman–Crippen LogP) is 4.02. The lowest BCUT2D eigenvalue weighted by molar-refractivity contribution is -0.120. The summed E-state index contributed by atoms with van der Waals surface area (Å²) < 4.78 is 16.1. The van der Waals surface area contributed by atoms with E-state index >= 15 is 0 Å². The molecule has 0 aliphatic carbocycles. The number of benzene rings is 2. The fourth-order valence-corrected chi connectivity index (χ4v) is 4.04. The molecule has 1 aliphatic heterocycles. The summed E-state index contributed by atoms with van der Waals surface area (Å²) in [6.45, 7) is 1.40. The number of carbonyl (C=O) groups is 1. The van der Waals surface area contributed by atoms with Crippen molar-refractivity contribution in [1.29, 1.82) is 0 Å². The Bertz CT molecular complexity index is 1100. The highest BCUT2D eigenvalue weighted by atomic mass is 16.5. The number of methoxy groups -OCH3 is 3. The van der Waals surface area contributed by atoms with E-state index in [9.17, 15) is 4.79 Å². The standard InChI is InChI=1S/C25H28N4O4/c1-31-18-10-12-23(33-3)21(15-18)26-25(30)17-7-6-14-29(16-17)24-13-11-20(27-28-24)19-8-4-5-9-22(19)32-2/h4-5,8-13,15,17H,6-7,14,16H2,1-3H3,(H,26,30). The van der Waals surface area contributed by atoms with E-state index in [1.54, 1.807) is 39.5 Å². The molecule has 0 bridgehead atoms. The molecule has 1 atom stereocenters. The molecule has 1 unspecified atom stereocenters. The highest BCUT2D eigenvalue weighted by Gasteiger charge is 2.27. The van der Waals surface area contributed by atoms with Gasteiger partial charge >= 0.3 is 0 Å². The number of aromatic nitrogens is 2. The van der Waals surface area contributed by atoms with Gasteiger partial charge in [0, 0.05) is 24.7 Å². The normalized spacial score (nSPS) is 15.6. The Kier molecular flexibility index (Phi) is 6.92. The van der Waals surface area contributed by atoms with Crippen LogP contribution < -0.4 is 24.4 Å². The van der Waals surface area contributed by atoms with Crippen LogP contribution in [-0.4, -0.2) is 50.5 Å². The molecule has 8 nitrogen and oxygen atoms in total. The Morgan fingerprint density at radius 1 is 0.970 bits per heavy atom. The lowest BCUT2D eigenvalue weighted by Gasteiger charge is -2.32. The van der Waals surface area contributed by atoms with Crippen molar-refractivity contribution < 1.29 is 19.0 Å². The molecule has 2 aromatic carbocycles. The van der Waals surface area contributed by atoms with Crippen LogP contribution >= 0.6 is 0 Å². The highest BCUT2D eigenvalue weighted by Crippen LogP contribution is 2.31. The number of rotatable bonds is 7. The van der Waals surface area contributed by atoms with Gasteiger partial charge in [-0.1, -0.05) is 12.1 Å². The maximum atomic E-state index is 13.0. The van der Waals surface area contributed by atoms with Crippen LogP contribution in [0, 0.1) is 5.92 Å². The van der Waals surface area contributed by atoms with E-state index in [1.165, 1.54) is 0 Å². The number of piperidine rings is 1. The third-order valence-corrected chi connectivity index (χ3v) is 5.81. The first kappa shape index (κ1) is 22.4. The van der Waals surface area contributed by atoms with Gasteiger partial charge in [0.2, 0.25) is 5.91 Å². The first-order valence-corrected chi connectivity index (χ1v) is 10.9. The minimum absolute atomic E-state index is 0.0511. The first-order valence-electron chi connectivity index (χ1n) is 10.9. The molecular weight excluding hydrogens is 420 g/mol. The number of para-hydroxylation sites is 1. The molecule has 2 heterocycles. The molecule has 1 N–H and O–H groups in total. The van der Waals surface area contributed by atoms with Gasteiger partial charge in [-0.3, -0.25) is 4.79 Å². The molecule has 0 spiro atoms. The van der Waals surface area contributed by atoms with Crippen LogP contribution in [0.3, 0.4) is 0 Å². The Balaban J connectivity index is 1.46. The largest absolute Gasteiger partial charge is 0.497 e. The number of nitrogens with one attached hydrogen (secondary N) is 1. The number of amides is 1. The van der Waals surface area contributed by atoms with Crippen LogP contribution in [-0.2, 0) is 4.79 Å². The monoisotopic (exact) mass is 448 g/mol.